The minimum Gasteiger partial charge on any atom is -0.376 e. The van der Waals surface area contributed by atoms with E-state index in [1.165, 1.54) is 30.0 Å². The van der Waals surface area contributed by atoms with Gasteiger partial charge >= 0.3 is 11.7 Å². The van der Waals surface area contributed by atoms with E-state index in [0.29, 0.717) is 37.4 Å². The van der Waals surface area contributed by atoms with Crippen LogP contribution in [0.25, 0.3) is 0 Å². The number of amides is 2. The lowest BCUT2D eigenvalue weighted by Crippen LogP contribution is -2.34. The van der Waals surface area contributed by atoms with E-state index in [0.717, 1.165) is 12.0 Å². The van der Waals surface area contributed by atoms with Gasteiger partial charge in [-0.25, -0.2) is 14.6 Å². The molecular formula is C21H28N4O3. The molecule has 3 rings (SSSR count). The molecule has 0 aliphatic heterocycles. The van der Waals surface area contributed by atoms with E-state index < -0.39 is 0 Å². The predicted octanol–water partition coefficient (Wildman–Crippen LogP) is 3.01. The van der Waals surface area contributed by atoms with E-state index in [-0.39, 0.29) is 11.7 Å². The number of carbonyl (C=O) groups excluding carboxylic acids is 1. The Labute approximate surface area is 165 Å². The van der Waals surface area contributed by atoms with E-state index >= 15 is 0 Å². The minimum absolute atomic E-state index is 0.268. The molecule has 1 aliphatic carbocycles. The maximum Gasteiger partial charge on any atom is 0.347 e. The fourth-order valence-electron chi connectivity index (χ4n) is 3.53. The lowest BCUT2D eigenvalue weighted by Gasteiger charge is -2.28. The van der Waals surface area contributed by atoms with Gasteiger partial charge in [0.1, 0.15) is 0 Å². The third-order valence-electron chi connectivity index (χ3n) is 5.07. The molecule has 1 aromatic heterocycles. The van der Waals surface area contributed by atoms with Crippen molar-refractivity contribution in [1.82, 2.24) is 14.9 Å². The van der Waals surface area contributed by atoms with Crippen molar-refractivity contribution >= 4 is 11.7 Å². The number of hydrogen-bond acceptors (Lipinski definition) is 4. The number of urea groups is 1. The van der Waals surface area contributed by atoms with Crippen LogP contribution in [0.1, 0.15) is 38.2 Å². The average Bonchev–Trinajstić information content (AvgIpc) is 2.69. The molecule has 1 aliphatic rings. The topological polar surface area (TPSA) is 85.2 Å². The largest absolute Gasteiger partial charge is 0.376 e. The normalized spacial score (nSPS) is 19.2. The molecule has 1 heterocycles. The van der Waals surface area contributed by atoms with Gasteiger partial charge in [-0.15, -0.1) is 0 Å². The van der Waals surface area contributed by atoms with Gasteiger partial charge in [-0.3, -0.25) is 4.57 Å². The maximum absolute atomic E-state index is 12.1. The Morgan fingerprint density at radius 3 is 2.96 bits per heavy atom. The van der Waals surface area contributed by atoms with Gasteiger partial charge in [0, 0.05) is 24.6 Å². The standard InChI is InChI=1S/C21H28N4O3/c1-16-6-2-3-9-19(16)28-13-11-22-20(26)24-18-8-4-7-17(14-18)15-25-12-5-10-23-21(25)27/h4-5,7-8,10,12,14,16,19H,2-3,6,9,11,13,15H2,1H3,(H2,22,24,26)/t16-,19-/m0/s1. The first-order chi connectivity index (χ1) is 13.6. The van der Waals surface area contributed by atoms with Gasteiger partial charge < -0.3 is 15.4 Å². The van der Waals surface area contributed by atoms with Crippen LogP contribution in [0.3, 0.4) is 0 Å². The van der Waals surface area contributed by atoms with Crippen molar-refractivity contribution in [3.8, 4) is 0 Å². The van der Waals surface area contributed by atoms with Crippen molar-refractivity contribution in [2.75, 3.05) is 18.5 Å². The molecule has 1 fully saturated rings. The Bertz CT molecular complexity index is 836. The first-order valence-corrected chi connectivity index (χ1v) is 9.88. The lowest BCUT2D eigenvalue weighted by molar-refractivity contribution is -0.00232. The molecule has 150 valence electrons. The lowest BCUT2D eigenvalue weighted by atomic mass is 9.88. The molecule has 0 saturated heterocycles. The summed E-state index contributed by atoms with van der Waals surface area (Å²) < 4.78 is 7.43. The van der Waals surface area contributed by atoms with Crippen LogP contribution in [0, 0.1) is 5.92 Å². The molecule has 0 radical (unpaired) electrons. The molecule has 2 amide bonds. The number of anilines is 1. The van der Waals surface area contributed by atoms with Crippen LogP contribution >= 0.6 is 0 Å². The molecule has 0 spiro atoms. The second kappa shape index (κ2) is 10.0. The molecular weight excluding hydrogens is 356 g/mol. The number of rotatable bonds is 7. The van der Waals surface area contributed by atoms with Crippen LogP contribution < -0.4 is 16.3 Å². The molecule has 2 atom stereocenters. The van der Waals surface area contributed by atoms with Crippen molar-refractivity contribution in [3.63, 3.8) is 0 Å². The van der Waals surface area contributed by atoms with Gasteiger partial charge in [-0.2, -0.15) is 0 Å². The zero-order valence-corrected chi connectivity index (χ0v) is 16.3. The summed E-state index contributed by atoms with van der Waals surface area (Å²) in [6.45, 7) is 3.62. The average molecular weight is 384 g/mol. The number of ether oxygens (including phenoxy) is 1. The van der Waals surface area contributed by atoms with Crippen molar-refractivity contribution in [3.05, 3.63) is 58.8 Å². The highest BCUT2D eigenvalue weighted by molar-refractivity contribution is 5.89. The first kappa shape index (κ1) is 20.1. The van der Waals surface area contributed by atoms with E-state index in [4.69, 9.17) is 4.74 Å². The third-order valence-corrected chi connectivity index (χ3v) is 5.07. The second-order valence-corrected chi connectivity index (χ2v) is 7.28. The van der Waals surface area contributed by atoms with Crippen molar-refractivity contribution < 1.29 is 9.53 Å². The van der Waals surface area contributed by atoms with Crippen LogP contribution in [0.2, 0.25) is 0 Å². The Kier molecular flexibility index (Phi) is 7.19. The maximum atomic E-state index is 12.1. The second-order valence-electron chi connectivity index (χ2n) is 7.28. The van der Waals surface area contributed by atoms with Gasteiger partial charge in [0.15, 0.2) is 0 Å². The molecule has 1 aromatic carbocycles. The summed E-state index contributed by atoms with van der Waals surface area (Å²) in [5, 5.41) is 5.64. The van der Waals surface area contributed by atoms with E-state index in [2.05, 4.69) is 22.5 Å². The Morgan fingerprint density at radius 1 is 1.29 bits per heavy atom. The van der Waals surface area contributed by atoms with E-state index in [1.54, 1.807) is 12.3 Å². The van der Waals surface area contributed by atoms with Gasteiger partial charge in [0.2, 0.25) is 0 Å². The highest BCUT2D eigenvalue weighted by Gasteiger charge is 2.21. The monoisotopic (exact) mass is 384 g/mol. The van der Waals surface area contributed by atoms with Crippen molar-refractivity contribution in [2.45, 2.75) is 45.3 Å². The summed E-state index contributed by atoms with van der Waals surface area (Å²) >= 11 is 0. The Morgan fingerprint density at radius 2 is 2.14 bits per heavy atom. The quantitative estimate of drug-likeness (QED) is 0.719. The van der Waals surface area contributed by atoms with Crippen LogP contribution in [0.4, 0.5) is 10.5 Å². The zero-order valence-electron chi connectivity index (χ0n) is 16.3. The summed E-state index contributed by atoms with van der Waals surface area (Å²) in [7, 11) is 0. The smallest absolute Gasteiger partial charge is 0.347 e. The molecule has 28 heavy (non-hydrogen) atoms. The molecule has 0 unspecified atom stereocenters. The summed E-state index contributed by atoms with van der Waals surface area (Å²) in [6, 6.07) is 8.86. The molecule has 2 N–H and O–H groups in total. The summed E-state index contributed by atoms with van der Waals surface area (Å²) in [5.41, 5.74) is 1.28. The molecule has 1 saturated carbocycles. The fraction of sp³-hybridized carbons (Fsp3) is 0.476. The summed E-state index contributed by atoms with van der Waals surface area (Å²) in [5.74, 6) is 0.595. The number of hydrogen-bond donors (Lipinski definition) is 2. The number of aromatic nitrogens is 2. The first-order valence-electron chi connectivity index (χ1n) is 9.88. The van der Waals surface area contributed by atoms with Crippen LogP contribution in [0.5, 0.6) is 0 Å². The molecule has 0 bridgehead atoms. The predicted molar refractivity (Wildman–Crippen MR) is 108 cm³/mol. The molecule has 7 nitrogen and oxygen atoms in total. The Hall–Kier alpha value is -2.67. The fourth-order valence-corrected chi connectivity index (χ4v) is 3.53. The van der Waals surface area contributed by atoms with E-state index in [9.17, 15) is 9.59 Å². The number of benzene rings is 1. The SMILES string of the molecule is C[C@H]1CCCC[C@@H]1OCCNC(=O)Nc1cccc(Cn2cccnc2=O)c1. The summed E-state index contributed by atoms with van der Waals surface area (Å²) in [4.78, 5) is 27.6. The molecule has 7 heteroatoms. The van der Waals surface area contributed by atoms with Gasteiger partial charge in [-0.05, 0) is 42.5 Å². The number of carbonyl (C=O) groups is 1. The third kappa shape index (κ3) is 5.92. The number of nitrogens with zero attached hydrogens (tertiary/aromatic N) is 2. The van der Waals surface area contributed by atoms with Gasteiger partial charge in [-0.1, -0.05) is 31.9 Å². The minimum atomic E-state index is -0.300. The summed E-state index contributed by atoms with van der Waals surface area (Å²) in [6.07, 6.45) is 8.32. The number of nitrogens with one attached hydrogen (secondary N) is 2. The zero-order chi connectivity index (χ0) is 19.8. The van der Waals surface area contributed by atoms with Crippen molar-refractivity contribution in [2.24, 2.45) is 5.92 Å². The highest BCUT2D eigenvalue weighted by Crippen LogP contribution is 2.25. The van der Waals surface area contributed by atoms with Crippen LogP contribution in [0.15, 0.2) is 47.5 Å². The Balaban J connectivity index is 1.44. The highest BCUT2D eigenvalue weighted by atomic mass is 16.5. The van der Waals surface area contributed by atoms with E-state index in [1.807, 2.05) is 24.3 Å². The van der Waals surface area contributed by atoms with Gasteiger partial charge in [0.25, 0.3) is 0 Å². The van der Waals surface area contributed by atoms with Crippen molar-refractivity contribution in [1.29, 1.82) is 0 Å². The van der Waals surface area contributed by atoms with Crippen LogP contribution in [-0.2, 0) is 11.3 Å². The molecule has 2 aromatic rings. The van der Waals surface area contributed by atoms with Crippen LogP contribution in [-0.4, -0.2) is 34.8 Å². The van der Waals surface area contributed by atoms with Gasteiger partial charge in [0.05, 0.1) is 19.3 Å².